The van der Waals surface area contributed by atoms with Crippen LogP contribution in [0, 0.1) is 6.92 Å². The van der Waals surface area contributed by atoms with Gasteiger partial charge in [0, 0.05) is 0 Å². The van der Waals surface area contributed by atoms with Gasteiger partial charge in [0.2, 0.25) is 0 Å². The predicted octanol–water partition coefficient (Wildman–Crippen LogP) is 12.9. The number of aromatic hydroxyl groups is 1. The van der Waals surface area contributed by atoms with Gasteiger partial charge in [-0.3, -0.25) is 0 Å². The maximum atomic E-state index is 9.36. The molecule has 0 radical (unpaired) electrons. The Morgan fingerprint density at radius 2 is 1.14 bits per heavy atom. The van der Waals surface area contributed by atoms with Gasteiger partial charge >= 0.3 is 95.6 Å². The quantitative estimate of drug-likeness (QED) is 0.139. The average Bonchev–Trinajstić information content (AvgIpc) is 3.39. The molecule has 0 unspecified atom stereocenters. The fourth-order valence-corrected chi connectivity index (χ4v) is 6.46. The molecule has 4 heteroatoms. The molecule has 1 N–H and O–H groups in total. The molecule has 0 saturated heterocycles. The van der Waals surface area contributed by atoms with Crippen molar-refractivity contribution >= 4 is 39.4 Å². The second-order valence-electron chi connectivity index (χ2n) is 15.6. The normalized spacial score (nSPS) is 11.3. The molecule has 0 atom stereocenters. The number of aryl methyl sites for hydroxylation is 1. The third kappa shape index (κ3) is 11.0. The molecular formula is C45H53Cl2OTi. The summed E-state index contributed by atoms with van der Waals surface area (Å²) in [5.74, 6) is 0.361. The van der Waals surface area contributed by atoms with Crippen LogP contribution in [0.1, 0.15) is 95.7 Å². The van der Waals surface area contributed by atoms with Gasteiger partial charge in [0.25, 0.3) is 0 Å². The third-order valence-corrected chi connectivity index (χ3v) is 9.36. The minimum atomic E-state index is 0. The van der Waals surface area contributed by atoms with E-state index in [1.54, 1.807) is 6.07 Å². The van der Waals surface area contributed by atoms with Crippen LogP contribution >= 0.6 is 24.8 Å². The predicted molar refractivity (Wildman–Crippen MR) is 216 cm³/mol. The van der Waals surface area contributed by atoms with Crippen LogP contribution in [0.2, 0.25) is 0 Å². The minimum absolute atomic E-state index is 0. The Labute approximate surface area is 319 Å². The topological polar surface area (TPSA) is 20.2 Å². The van der Waals surface area contributed by atoms with Crippen molar-refractivity contribution in [3.8, 4) is 16.9 Å². The van der Waals surface area contributed by atoms with E-state index >= 15 is 0 Å². The van der Waals surface area contributed by atoms with E-state index in [1.807, 2.05) is 25.1 Å². The van der Waals surface area contributed by atoms with Crippen LogP contribution in [-0.2, 0) is 36.2 Å². The molecular weight excluding hydrogens is 675 g/mol. The van der Waals surface area contributed by atoms with Crippen molar-refractivity contribution in [1.82, 2.24) is 0 Å². The van der Waals surface area contributed by atoms with Gasteiger partial charge in [-0.1, -0.05) is 97.4 Å². The van der Waals surface area contributed by atoms with Crippen molar-refractivity contribution in [2.75, 3.05) is 0 Å². The van der Waals surface area contributed by atoms with Crippen LogP contribution in [0.15, 0.2) is 121 Å². The SMILES string of the molecule is CC(C)(C)c1cccc2c3ccc[c-](C(C)(C)C)c-3cc12.Cc1cc(O)cc(C(C)(C)C)c1.Cl.Cl.[Ti+]=[C](c1ccccc1)c1ccccc1. The number of hydrogen-bond acceptors (Lipinski definition) is 1. The van der Waals surface area contributed by atoms with Crippen LogP contribution in [0.3, 0.4) is 0 Å². The molecule has 0 aromatic heterocycles. The van der Waals surface area contributed by atoms with E-state index in [1.165, 1.54) is 53.5 Å². The zero-order valence-electron chi connectivity index (χ0n) is 30.8. The first kappa shape index (κ1) is 42.1. The van der Waals surface area contributed by atoms with E-state index in [9.17, 15) is 5.11 Å². The van der Waals surface area contributed by atoms with Crippen LogP contribution in [0.5, 0.6) is 5.75 Å². The monoisotopic (exact) mass is 727 g/mol. The van der Waals surface area contributed by atoms with Crippen molar-refractivity contribution in [3.63, 3.8) is 0 Å². The van der Waals surface area contributed by atoms with Gasteiger partial charge in [0.1, 0.15) is 5.75 Å². The number of benzene rings is 5. The van der Waals surface area contributed by atoms with Gasteiger partial charge in [-0.2, -0.15) is 0 Å². The van der Waals surface area contributed by atoms with Gasteiger partial charge in [-0.15, -0.1) is 65.8 Å². The Kier molecular flexibility index (Phi) is 14.8. The van der Waals surface area contributed by atoms with Gasteiger partial charge in [-0.05, 0) is 52.0 Å². The summed E-state index contributed by atoms with van der Waals surface area (Å²) in [6, 6.07) is 42.5. The summed E-state index contributed by atoms with van der Waals surface area (Å²) in [5, 5.41) is 12.2. The van der Waals surface area contributed by atoms with Crippen LogP contribution in [-0.4, -0.2) is 8.92 Å². The van der Waals surface area contributed by atoms with Gasteiger partial charge in [-0.25, -0.2) is 0 Å². The van der Waals surface area contributed by atoms with E-state index in [4.69, 9.17) is 0 Å². The van der Waals surface area contributed by atoms with Crippen molar-refractivity contribution in [2.24, 2.45) is 0 Å². The standard InChI is InChI=1S/C21H25.C13H10.C11H16O.2ClH.Ti/c1-20(2,3)18-11-7-9-14-15-10-8-12-19(21(4,5)6)17(15)13-16(14)18;1-3-7-12(8-4-1)11-13-9-5-2-6-10-13;1-8-5-9(11(2,3)4)7-10(12)6-8;;;/h7-13H,1-6H3;1-10H;5-7,12H,1-4H3;2*1H;/q-1;;;;;+1. The van der Waals surface area contributed by atoms with Crippen LogP contribution in [0.25, 0.3) is 21.9 Å². The number of halogens is 2. The number of fused-ring (bicyclic) bond motifs is 3. The zero-order valence-corrected chi connectivity index (χ0v) is 34.0. The van der Waals surface area contributed by atoms with E-state index < -0.39 is 0 Å². The zero-order chi connectivity index (χ0) is 34.6. The molecule has 0 aliphatic heterocycles. The number of phenolic OH excluding ortho intramolecular Hbond substituents is 1. The molecule has 0 fully saturated rings. The molecule has 1 nitrogen and oxygen atoms in total. The van der Waals surface area contributed by atoms with Crippen LogP contribution < -0.4 is 0 Å². The van der Waals surface area contributed by atoms with Crippen molar-refractivity contribution in [3.05, 3.63) is 155 Å². The first-order valence-corrected chi connectivity index (χ1v) is 17.4. The first-order valence-electron chi connectivity index (χ1n) is 16.6. The Balaban J connectivity index is 0.000000262. The fourth-order valence-electron chi connectivity index (χ4n) is 5.94. The van der Waals surface area contributed by atoms with E-state index in [0.717, 1.165) is 5.56 Å². The van der Waals surface area contributed by atoms with Crippen molar-refractivity contribution in [2.45, 2.75) is 85.5 Å². The Morgan fingerprint density at radius 3 is 1.61 bits per heavy atom. The maximum absolute atomic E-state index is 9.36. The Hall–Kier alpha value is -3.07. The number of rotatable bonds is 2. The Bertz CT molecular complexity index is 1840. The summed E-state index contributed by atoms with van der Waals surface area (Å²) in [7, 11) is 0. The molecule has 0 bridgehead atoms. The van der Waals surface area contributed by atoms with Gasteiger partial charge in [0.05, 0.1) is 0 Å². The molecule has 0 spiro atoms. The van der Waals surface area contributed by atoms with Crippen LogP contribution in [0.4, 0.5) is 0 Å². The first-order chi connectivity index (χ1) is 22.0. The van der Waals surface area contributed by atoms with Crippen molar-refractivity contribution < 1.29 is 25.1 Å². The molecule has 49 heavy (non-hydrogen) atoms. The van der Waals surface area contributed by atoms with Crippen molar-refractivity contribution in [1.29, 1.82) is 0 Å². The molecule has 2 aliphatic rings. The average molecular weight is 729 g/mol. The summed E-state index contributed by atoms with van der Waals surface area (Å²) in [6.07, 6.45) is 0. The second-order valence-corrected chi connectivity index (χ2v) is 16.4. The van der Waals surface area contributed by atoms with Gasteiger partial charge < -0.3 is 5.11 Å². The summed E-state index contributed by atoms with van der Waals surface area (Å²) in [5.41, 5.74) is 11.0. The van der Waals surface area contributed by atoms with E-state index in [0.29, 0.717) is 5.75 Å². The third-order valence-electron chi connectivity index (χ3n) is 8.46. The molecule has 0 saturated carbocycles. The molecule has 4 aromatic rings. The second kappa shape index (κ2) is 17.2. The molecule has 6 rings (SSSR count). The molecule has 0 amide bonds. The van der Waals surface area contributed by atoms with E-state index in [2.05, 4.69) is 179 Å². The summed E-state index contributed by atoms with van der Waals surface area (Å²) in [4.78, 5) is 0. The number of phenols is 1. The van der Waals surface area contributed by atoms with Gasteiger partial charge in [0.15, 0.2) is 0 Å². The summed E-state index contributed by atoms with van der Waals surface area (Å²) >= 11 is 2.16. The molecule has 0 heterocycles. The van der Waals surface area contributed by atoms with E-state index in [-0.39, 0.29) is 41.1 Å². The molecule has 257 valence electrons. The Morgan fingerprint density at radius 1 is 0.592 bits per heavy atom. The summed E-state index contributed by atoms with van der Waals surface area (Å²) < 4.78 is 1.33. The summed E-state index contributed by atoms with van der Waals surface area (Å²) in [6.45, 7) is 22.2. The fraction of sp³-hybridized carbons (Fsp3) is 0.289. The number of hydrogen-bond donors (Lipinski definition) is 1. The molecule has 4 aromatic carbocycles. The molecule has 2 aliphatic carbocycles.